The summed E-state index contributed by atoms with van der Waals surface area (Å²) in [5.74, 6) is 0.388. The van der Waals surface area contributed by atoms with Gasteiger partial charge < -0.3 is 15.5 Å². The molecule has 1 unspecified atom stereocenters. The Balaban J connectivity index is 1.59. The Labute approximate surface area is 147 Å². The number of carbonyl (C=O) groups excluding carboxylic acids is 2. The minimum Gasteiger partial charge on any atom is -0.324 e. The molecule has 0 saturated carbocycles. The number of aromatic nitrogens is 2. The van der Waals surface area contributed by atoms with E-state index in [0.29, 0.717) is 18.9 Å². The molecule has 1 atom stereocenters. The molecule has 0 aliphatic carbocycles. The second kappa shape index (κ2) is 7.38. The van der Waals surface area contributed by atoms with Crippen molar-refractivity contribution in [3.63, 3.8) is 0 Å². The van der Waals surface area contributed by atoms with Gasteiger partial charge in [0.1, 0.15) is 5.82 Å². The van der Waals surface area contributed by atoms with Crippen LogP contribution in [0.2, 0.25) is 0 Å². The van der Waals surface area contributed by atoms with Crippen LogP contribution in [0.1, 0.15) is 18.5 Å². The monoisotopic (exact) mass is 341 g/mol. The minimum absolute atomic E-state index is 0.0692. The Morgan fingerprint density at radius 3 is 2.64 bits per heavy atom. The van der Waals surface area contributed by atoms with E-state index in [1.54, 1.807) is 16.6 Å². The fourth-order valence-corrected chi connectivity index (χ4v) is 3.06. The first kappa shape index (κ1) is 17.0. The number of aryl methyl sites for hydroxylation is 2. The summed E-state index contributed by atoms with van der Waals surface area (Å²) in [4.78, 5) is 26.7. The van der Waals surface area contributed by atoms with Crippen molar-refractivity contribution in [1.29, 1.82) is 0 Å². The lowest BCUT2D eigenvalue weighted by Crippen LogP contribution is -2.45. The first-order chi connectivity index (χ1) is 12.0. The van der Waals surface area contributed by atoms with Gasteiger partial charge in [0.05, 0.1) is 11.6 Å². The summed E-state index contributed by atoms with van der Waals surface area (Å²) in [5, 5.41) is 10.0. The number of nitrogens with one attached hydrogen (secondary N) is 2. The lowest BCUT2D eigenvalue weighted by atomic mass is 9.97. The highest BCUT2D eigenvalue weighted by atomic mass is 16.2. The highest BCUT2D eigenvalue weighted by Crippen LogP contribution is 2.20. The van der Waals surface area contributed by atoms with Gasteiger partial charge in [-0.2, -0.15) is 5.10 Å². The first-order valence-corrected chi connectivity index (χ1v) is 8.45. The molecule has 0 bridgehead atoms. The van der Waals surface area contributed by atoms with Crippen LogP contribution in [0.15, 0.2) is 36.4 Å². The van der Waals surface area contributed by atoms with Gasteiger partial charge in [0.15, 0.2) is 0 Å². The molecule has 1 aliphatic heterocycles. The molecule has 2 heterocycles. The van der Waals surface area contributed by atoms with Gasteiger partial charge >= 0.3 is 6.03 Å². The zero-order chi connectivity index (χ0) is 17.8. The molecule has 1 fully saturated rings. The second-order valence-electron chi connectivity index (χ2n) is 6.37. The number of benzene rings is 1. The van der Waals surface area contributed by atoms with Crippen LogP contribution in [0.3, 0.4) is 0 Å². The maximum absolute atomic E-state index is 12.5. The van der Waals surface area contributed by atoms with Crippen LogP contribution in [-0.2, 0) is 11.8 Å². The molecule has 1 aromatic heterocycles. The van der Waals surface area contributed by atoms with Crippen LogP contribution < -0.4 is 10.6 Å². The van der Waals surface area contributed by atoms with Gasteiger partial charge in [-0.3, -0.25) is 9.48 Å². The number of para-hydroxylation sites is 1. The lowest BCUT2D eigenvalue weighted by Gasteiger charge is -2.32. The fourth-order valence-electron chi connectivity index (χ4n) is 3.06. The summed E-state index contributed by atoms with van der Waals surface area (Å²) in [5.41, 5.74) is 1.61. The molecule has 3 amide bonds. The summed E-state index contributed by atoms with van der Waals surface area (Å²) in [6.07, 6.45) is 1.59. The number of carbonyl (C=O) groups is 2. The van der Waals surface area contributed by atoms with E-state index in [-0.39, 0.29) is 17.9 Å². The van der Waals surface area contributed by atoms with Crippen LogP contribution in [0.25, 0.3) is 0 Å². The average molecular weight is 341 g/mol. The molecule has 1 aromatic carbocycles. The standard InChI is InChI=1S/C18H23N5O2/c1-13-11-16(22(2)21-13)20-17(24)14-7-6-10-23(12-14)18(25)19-15-8-4-3-5-9-15/h3-5,8-9,11,14H,6-7,10,12H2,1-2H3,(H,19,25)(H,20,24). The maximum atomic E-state index is 12.5. The van der Waals surface area contributed by atoms with Gasteiger partial charge in [-0.1, -0.05) is 18.2 Å². The topological polar surface area (TPSA) is 79.3 Å². The Kier molecular flexibility index (Phi) is 5.02. The normalized spacial score (nSPS) is 17.2. The molecular formula is C18H23N5O2. The molecule has 1 saturated heterocycles. The average Bonchev–Trinajstić information content (AvgIpc) is 2.93. The first-order valence-electron chi connectivity index (χ1n) is 8.45. The quantitative estimate of drug-likeness (QED) is 0.901. The highest BCUT2D eigenvalue weighted by Gasteiger charge is 2.29. The Hall–Kier alpha value is -2.83. The molecule has 3 rings (SSSR count). The van der Waals surface area contributed by atoms with E-state index in [1.807, 2.05) is 43.3 Å². The van der Waals surface area contributed by atoms with Crippen molar-refractivity contribution >= 4 is 23.4 Å². The summed E-state index contributed by atoms with van der Waals surface area (Å²) in [7, 11) is 1.79. The number of anilines is 2. The Morgan fingerprint density at radius 2 is 1.96 bits per heavy atom. The SMILES string of the molecule is Cc1cc(NC(=O)C2CCCN(C(=O)Nc3ccccc3)C2)n(C)n1. The van der Waals surface area contributed by atoms with E-state index in [2.05, 4.69) is 15.7 Å². The predicted octanol–water partition coefficient (Wildman–Crippen LogP) is 2.61. The van der Waals surface area contributed by atoms with Crippen LogP contribution in [-0.4, -0.2) is 39.7 Å². The number of likely N-dealkylation sites (tertiary alicyclic amines) is 1. The van der Waals surface area contributed by atoms with E-state index in [4.69, 9.17) is 0 Å². The number of nitrogens with zero attached hydrogens (tertiary/aromatic N) is 3. The van der Waals surface area contributed by atoms with Gasteiger partial charge in [-0.25, -0.2) is 4.79 Å². The third-order valence-corrected chi connectivity index (χ3v) is 4.36. The van der Waals surface area contributed by atoms with Gasteiger partial charge in [0.25, 0.3) is 0 Å². The Morgan fingerprint density at radius 1 is 1.20 bits per heavy atom. The van der Waals surface area contributed by atoms with Crippen molar-refractivity contribution in [1.82, 2.24) is 14.7 Å². The zero-order valence-electron chi connectivity index (χ0n) is 14.5. The maximum Gasteiger partial charge on any atom is 0.321 e. The number of urea groups is 1. The van der Waals surface area contributed by atoms with E-state index >= 15 is 0 Å². The third-order valence-electron chi connectivity index (χ3n) is 4.36. The highest BCUT2D eigenvalue weighted by molar-refractivity contribution is 5.93. The fraction of sp³-hybridized carbons (Fsp3) is 0.389. The third kappa shape index (κ3) is 4.17. The molecular weight excluding hydrogens is 318 g/mol. The van der Waals surface area contributed by atoms with E-state index < -0.39 is 0 Å². The molecule has 7 nitrogen and oxygen atoms in total. The van der Waals surface area contributed by atoms with Gasteiger partial charge in [0, 0.05) is 31.9 Å². The molecule has 7 heteroatoms. The summed E-state index contributed by atoms with van der Waals surface area (Å²) in [6.45, 7) is 2.96. The summed E-state index contributed by atoms with van der Waals surface area (Å²) in [6, 6.07) is 11.0. The smallest absolute Gasteiger partial charge is 0.321 e. The Bertz CT molecular complexity index is 756. The number of piperidine rings is 1. The molecule has 0 spiro atoms. The largest absolute Gasteiger partial charge is 0.324 e. The van der Waals surface area contributed by atoms with E-state index in [1.165, 1.54) is 0 Å². The lowest BCUT2D eigenvalue weighted by molar-refractivity contribution is -0.121. The summed E-state index contributed by atoms with van der Waals surface area (Å²) >= 11 is 0. The number of hydrogen-bond donors (Lipinski definition) is 2. The van der Waals surface area contributed by atoms with Gasteiger partial charge in [-0.05, 0) is 31.9 Å². The minimum atomic E-state index is -0.217. The van der Waals surface area contributed by atoms with Gasteiger partial charge in [-0.15, -0.1) is 0 Å². The van der Waals surface area contributed by atoms with E-state index in [0.717, 1.165) is 24.2 Å². The van der Waals surface area contributed by atoms with Crippen molar-refractivity contribution in [2.45, 2.75) is 19.8 Å². The van der Waals surface area contributed by atoms with Crippen molar-refractivity contribution in [3.8, 4) is 0 Å². The van der Waals surface area contributed by atoms with E-state index in [9.17, 15) is 9.59 Å². The van der Waals surface area contributed by atoms with Crippen molar-refractivity contribution in [2.75, 3.05) is 23.7 Å². The predicted molar refractivity (Wildman–Crippen MR) is 96.3 cm³/mol. The number of hydrogen-bond acceptors (Lipinski definition) is 3. The number of amides is 3. The van der Waals surface area contributed by atoms with Crippen LogP contribution in [0.5, 0.6) is 0 Å². The van der Waals surface area contributed by atoms with Crippen molar-refractivity contribution < 1.29 is 9.59 Å². The molecule has 132 valence electrons. The van der Waals surface area contributed by atoms with Crippen LogP contribution in [0, 0.1) is 12.8 Å². The van der Waals surface area contributed by atoms with Crippen molar-refractivity contribution in [3.05, 3.63) is 42.1 Å². The van der Waals surface area contributed by atoms with Crippen LogP contribution in [0.4, 0.5) is 16.3 Å². The van der Waals surface area contributed by atoms with Crippen molar-refractivity contribution in [2.24, 2.45) is 13.0 Å². The molecule has 0 radical (unpaired) electrons. The number of rotatable bonds is 3. The summed E-state index contributed by atoms with van der Waals surface area (Å²) < 4.78 is 1.65. The molecule has 2 N–H and O–H groups in total. The van der Waals surface area contributed by atoms with Gasteiger partial charge in [0.2, 0.25) is 5.91 Å². The molecule has 2 aromatic rings. The second-order valence-corrected chi connectivity index (χ2v) is 6.37. The molecule has 1 aliphatic rings. The van der Waals surface area contributed by atoms with Crippen LogP contribution >= 0.6 is 0 Å². The molecule has 25 heavy (non-hydrogen) atoms. The zero-order valence-corrected chi connectivity index (χ0v) is 14.5.